The van der Waals surface area contributed by atoms with Gasteiger partial charge in [0.25, 0.3) is 11.8 Å². The Morgan fingerprint density at radius 1 is 0.938 bits per heavy atom. The second kappa shape index (κ2) is 10.2. The SMILES string of the molecule is COc1cc(C(=O)NC(=Cc2ccco2)C(=O)Nc2ccc(C)cc2)cc(OC)c1OC. The van der Waals surface area contributed by atoms with Crippen LogP contribution in [0.25, 0.3) is 6.08 Å². The van der Waals surface area contributed by atoms with E-state index in [1.165, 1.54) is 45.8 Å². The Labute approximate surface area is 185 Å². The van der Waals surface area contributed by atoms with E-state index in [4.69, 9.17) is 18.6 Å². The highest BCUT2D eigenvalue weighted by atomic mass is 16.5. The zero-order chi connectivity index (χ0) is 23.1. The Morgan fingerprint density at radius 2 is 1.59 bits per heavy atom. The van der Waals surface area contributed by atoms with E-state index >= 15 is 0 Å². The van der Waals surface area contributed by atoms with Crippen LogP contribution in [0.4, 0.5) is 5.69 Å². The number of methoxy groups -OCH3 is 3. The van der Waals surface area contributed by atoms with Crippen LogP contribution >= 0.6 is 0 Å². The van der Waals surface area contributed by atoms with E-state index in [0.717, 1.165) is 5.56 Å². The molecule has 2 N–H and O–H groups in total. The smallest absolute Gasteiger partial charge is 0.272 e. The van der Waals surface area contributed by atoms with Crippen molar-refractivity contribution >= 4 is 23.6 Å². The molecule has 1 aromatic heterocycles. The summed E-state index contributed by atoms with van der Waals surface area (Å²) in [5.41, 5.74) is 1.87. The average Bonchev–Trinajstić information content (AvgIpc) is 3.32. The number of ether oxygens (including phenoxy) is 3. The largest absolute Gasteiger partial charge is 0.493 e. The van der Waals surface area contributed by atoms with Gasteiger partial charge in [-0.3, -0.25) is 9.59 Å². The first-order valence-corrected chi connectivity index (χ1v) is 9.69. The van der Waals surface area contributed by atoms with Crippen molar-refractivity contribution in [1.29, 1.82) is 0 Å². The van der Waals surface area contributed by atoms with Crippen LogP contribution in [-0.2, 0) is 4.79 Å². The van der Waals surface area contributed by atoms with Crippen LogP contribution in [0.15, 0.2) is 64.9 Å². The van der Waals surface area contributed by atoms with Gasteiger partial charge in [-0.15, -0.1) is 0 Å². The van der Waals surface area contributed by atoms with Gasteiger partial charge in [0, 0.05) is 17.3 Å². The van der Waals surface area contributed by atoms with Crippen LogP contribution in [0.2, 0.25) is 0 Å². The Hall–Kier alpha value is -4.20. The molecule has 0 aliphatic carbocycles. The summed E-state index contributed by atoms with van der Waals surface area (Å²) < 4.78 is 21.2. The lowest BCUT2D eigenvalue weighted by Gasteiger charge is -2.15. The van der Waals surface area contributed by atoms with Crippen molar-refractivity contribution in [3.63, 3.8) is 0 Å². The Bertz CT molecular complexity index is 1090. The first-order chi connectivity index (χ1) is 15.4. The molecule has 0 fully saturated rings. The number of rotatable bonds is 8. The number of aryl methyl sites for hydroxylation is 1. The maximum Gasteiger partial charge on any atom is 0.272 e. The topological polar surface area (TPSA) is 99.0 Å². The minimum absolute atomic E-state index is 0.000670. The minimum atomic E-state index is -0.541. The molecule has 166 valence electrons. The van der Waals surface area contributed by atoms with Gasteiger partial charge in [-0.05, 0) is 43.3 Å². The zero-order valence-corrected chi connectivity index (χ0v) is 18.2. The van der Waals surface area contributed by atoms with Crippen LogP contribution < -0.4 is 24.8 Å². The minimum Gasteiger partial charge on any atom is -0.493 e. The second-order valence-corrected chi connectivity index (χ2v) is 6.76. The number of amides is 2. The highest BCUT2D eigenvalue weighted by molar-refractivity contribution is 6.10. The van der Waals surface area contributed by atoms with Crippen LogP contribution in [0, 0.1) is 6.92 Å². The highest BCUT2D eigenvalue weighted by Gasteiger charge is 2.20. The van der Waals surface area contributed by atoms with Crippen LogP contribution in [0.3, 0.4) is 0 Å². The summed E-state index contributed by atoms with van der Waals surface area (Å²) in [6.07, 6.45) is 2.92. The fourth-order valence-electron chi connectivity index (χ4n) is 2.92. The molecule has 0 unspecified atom stereocenters. The Morgan fingerprint density at radius 3 is 2.12 bits per heavy atom. The average molecular weight is 436 g/mol. The summed E-state index contributed by atoms with van der Waals surface area (Å²) in [7, 11) is 4.38. The molecule has 0 saturated carbocycles. The van der Waals surface area contributed by atoms with E-state index in [2.05, 4.69) is 10.6 Å². The number of hydrogen-bond acceptors (Lipinski definition) is 6. The number of furan rings is 1. The van der Waals surface area contributed by atoms with Crippen molar-refractivity contribution in [1.82, 2.24) is 5.32 Å². The van der Waals surface area contributed by atoms with Crippen molar-refractivity contribution in [3.05, 3.63) is 77.4 Å². The molecule has 0 aliphatic heterocycles. The molecule has 0 aliphatic rings. The lowest BCUT2D eigenvalue weighted by molar-refractivity contribution is -0.113. The number of carbonyl (C=O) groups excluding carboxylic acids is 2. The molecule has 3 rings (SSSR count). The summed E-state index contributed by atoms with van der Waals surface area (Å²) in [4.78, 5) is 25.9. The Balaban J connectivity index is 1.90. The van der Waals surface area contributed by atoms with E-state index in [-0.39, 0.29) is 11.3 Å². The molecule has 0 atom stereocenters. The van der Waals surface area contributed by atoms with E-state index in [1.807, 2.05) is 19.1 Å². The van der Waals surface area contributed by atoms with Gasteiger partial charge in [0.15, 0.2) is 11.5 Å². The van der Waals surface area contributed by atoms with Gasteiger partial charge in [0.1, 0.15) is 11.5 Å². The number of benzene rings is 2. The number of hydrogen-bond donors (Lipinski definition) is 2. The van der Waals surface area contributed by atoms with Gasteiger partial charge in [-0.1, -0.05) is 17.7 Å². The second-order valence-electron chi connectivity index (χ2n) is 6.76. The zero-order valence-electron chi connectivity index (χ0n) is 18.2. The molecule has 0 radical (unpaired) electrons. The molecule has 0 spiro atoms. The summed E-state index contributed by atoms with van der Waals surface area (Å²) in [5.74, 6) is 0.349. The fraction of sp³-hybridized carbons (Fsp3) is 0.167. The van der Waals surface area contributed by atoms with Crippen molar-refractivity contribution in [2.75, 3.05) is 26.6 Å². The van der Waals surface area contributed by atoms with Crippen LogP contribution in [0.5, 0.6) is 17.2 Å². The molecule has 3 aromatic rings. The molecule has 8 nitrogen and oxygen atoms in total. The molecule has 1 heterocycles. The fourth-order valence-corrected chi connectivity index (χ4v) is 2.92. The van der Waals surface area contributed by atoms with E-state index in [1.54, 1.807) is 24.3 Å². The van der Waals surface area contributed by atoms with E-state index in [0.29, 0.717) is 28.7 Å². The number of nitrogens with one attached hydrogen (secondary N) is 2. The Kier molecular flexibility index (Phi) is 7.17. The predicted octanol–water partition coefficient (Wildman–Crippen LogP) is 4.02. The van der Waals surface area contributed by atoms with Gasteiger partial charge < -0.3 is 29.3 Å². The summed E-state index contributed by atoms with van der Waals surface area (Å²) in [6, 6.07) is 13.7. The monoisotopic (exact) mass is 436 g/mol. The maximum absolute atomic E-state index is 13.0. The van der Waals surface area contributed by atoms with Gasteiger partial charge in [-0.25, -0.2) is 0 Å². The molecular weight excluding hydrogens is 412 g/mol. The predicted molar refractivity (Wildman–Crippen MR) is 120 cm³/mol. The lowest BCUT2D eigenvalue weighted by Crippen LogP contribution is -2.30. The van der Waals surface area contributed by atoms with Crippen molar-refractivity contribution in [3.8, 4) is 17.2 Å². The summed E-state index contributed by atoms with van der Waals surface area (Å²) in [5, 5.41) is 5.41. The molecule has 2 aromatic carbocycles. The number of anilines is 1. The normalized spacial score (nSPS) is 10.9. The first-order valence-electron chi connectivity index (χ1n) is 9.69. The van der Waals surface area contributed by atoms with Gasteiger partial charge in [0.2, 0.25) is 5.75 Å². The highest BCUT2D eigenvalue weighted by Crippen LogP contribution is 2.38. The third-order valence-electron chi connectivity index (χ3n) is 4.56. The molecular formula is C24H24N2O6. The quantitative estimate of drug-likeness (QED) is 0.518. The van der Waals surface area contributed by atoms with Gasteiger partial charge in [0.05, 0.1) is 27.6 Å². The maximum atomic E-state index is 13.0. The van der Waals surface area contributed by atoms with E-state index < -0.39 is 11.8 Å². The van der Waals surface area contributed by atoms with Gasteiger partial charge in [-0.2, -0.15) is 0 Å². The van der Waals surface area contributed by atoms with Crippen molar-refractivity contribution in [2.24, 2.45) is 0 Å². The lowest BCUT2D eigenvalue weighted by atomic mass is 10.1. The van der Waals surface area contributed by atoms with Crippen LogP contribution in [-0.4, -0.2) is 33.1 Å². The third-order valence-corrected chi connectivity index (χ3v) is 4.56. The number of carbonyl (C=O) groups is 2. The molecule has 0 bridgehead atoms. The molecule has 8 heteroatoms. The third kappa shape index (κ3) is 5.28. The molecule has 2 amide bonds. The first kappa shape index (κ1) is 22.5. The van der Waals surface area contributed by atoms with Gasteiger partial charge >= 0.3 is 0 Å². The van der Waals surface area contributed by atoms with Crippen molar-refractivity contribution < 1.29 is 28.2 Å². The summed E-state index contributed by atoms with van der Waals surface area (Å²) in [6.45, 7) is 1.95. The van der Waals surface area contributed by atoms with Crippen molar-refractivity contribution in [2.45, 2.75) is 6.92 Å². The molecule has 0 saturated heterocycles. The van der Waals surface area contributed by atoms with E-state index in [9.17, 15) is 9.59 Å². The molecule has 32 heavy (non-hydrogen) atoms. The summed E-state index contributed by atoms with van der Waals surface area (Å²) >= 11 is 0. The standard InChI is InChI=1S/C24H24N2O6/c1-15-7-9-17(10-8-15)25-24(28)19(14-18-6-5-11-32-18)26-23(27)16-12-20(29-2)22(31-4)21(13-16)30-3/h5-14H,1-4H3,(H,25,28)(H,26,27). The van der Waals surface area contributed by atoms with Crippen LogP contribution in [0.1, 0.15) is 21.7 Å².